The molecule has 0 atom stereocenters. The van der Waals surface area contributed by atoms with Crippen LogP contribution in [0, 0.1) is 0 Å². The highest BCUT2D eigenvalue weighted by atomic mass is 35.5. The van der Waals surface area contributed by atoms with Gasteiger partial charge in [0.15, 0.2) is 0 Å². The second-order valence-electron chi connectivity index (χ2n) is 3.29. The van der Waals surface area contributed by atoms with Crippen LogP contribution in [0.2, 0.25) is 0 Å². The number of nitrogens with zero attached hydrogens (tertiary/aromatic N) is 1. The van der Waals surface area contributed by atoms with Crippen LogP contribution in [0.1, 0.15) is 0 Å². The fraction of sp³-hybridized carbons (Fsp3) is 0.600. The van der Waals surface area contributed by atoms with E-state index in [2.05, 4.69) is 32.2 Å². The molecule has 1 N–H and O–H groups in total. The molecule has 78 valence electrons. The van der Waals surface area contributed by atoms with Crippen LogP contribution in [-0.4, -0.2) is 45.2 Å². The minimum absolute atomic E-state index is 0. The van der Waals surface area contributed by atoms with Gasteiger partial charge in [0.2, 0.25) is 0 Å². The molecule has 0 heterocycles. The first kappa shape index (κ1) is 15.2. The standard InChI is InChI=1S/C10H20N2.ClH/c1-5-7-12(8-6-2)10-9-11(3)4;/h5-6H,1-2,7-10H2,3-4H3;1H. The first-order chi connectivity index (χ1) is 5.70. The van der Waals surface area contributed by atoms with Gasteiger partial charge in [0.05, 0.1) is 19.6 Å². The van der Waals surface area contributed by atoms with E-state index < -0.39 is 0 Å². The van der Waals surface area contributed by atoms with Crippen molar-refractivity contribution in [2.75, 3.05) is 40.3 Å². The molecule has 0 saturated carbocycles. The molecular formula is C10H21ClN2. The Morgan fingerprint density at radius 2 is 1.62 bits per heavy atom. The molecule has 0 radical (unpaired) electrons. The van der Waals surface area contributed by atoms with Crippen molar-refractivity contribution in [3.63, 3.8) is 0 Å². The van der Waals surface area contributed by atoms with Gasteiger partial charge >= 0.3 is 0 Å². The van der Waals surface area contributed by atoms with Gasteiger partial charge in [-0.3, -0.25) is 0 Å². The molecule has 0 aromatic rings. The summed E-state index contributed by atoms with van der Waals surface area (Å²) in [7, 11) is 4.19. The normalized spacial score (nSPS) is 9.85. The number of rotatable bonds is 7. The number of likely N-dealkylation sites (N-methyl/N-ethyl adjacent to an activating group) is 1. The van der Waals surface area contributed by atoms with Crippen LogP contribution in [0.4, 0.5) is 0 Å². The number of quaternary nitrogens is 1. The van der Waals surface area contributed by atoms with Crippen molar-refractivity contribution in [2.24, 2.45) is 0 Å². The zero-order valence-corrected chi connectivity index (χ0v) is 9.48. The largest absolute Gasteiger partial charge is 1.00 e. The lowest BCUT2D eigenvalue weighted by molar-refractivity contribution is -0.887. The minimum Gasteiger partial charge on any atom is -1.00 e. The third-order valence-corrected chi connectivity index (χ3v) is 1.78. The molecule has 3 heteroatoms. The van der Waals surface area contributed by atoms with Crippen molar-refractivity contribution >= 4 is 0 Å². The Morgan fingerprint density at radius 3 is 1.92 bits per heavy atom. The summed E-state index contributed by atoms with van der Waals surface area (Å²) in [5.74, 6) is 0. The Balaban J connectivity index is 0. The summed E-state index contributed by atoms with van der Waals surface area (Å²) >= 11 is 0. The molecule has 2 nitrogen and oxygen atoms in total. The van der Waals surface area contributed by atoms with Gasteiger partial charge in [0.1, 0.15) is 0 Å². The quantitative estimate of drug-likeness (QED) is 0.430. The zero-order valence-electron chi connectivity index (χ0n) is 8.72. The molecule has 0 aliphatic carbocycles. The summed E-state index contributed by atoms with van der Waals surface area (Å²) in [5, 5.41) is 0. The molecule has 13 heavy (non-hydrogen) atoms. The Hall–Kier alpha value is -0.310. The predicted molar refractivity (Wildman–Crippen MR) is 54.5 cm³/mol. The number of hydrogen-bond donors (Lipinski definition) is 1. The lowest BCUT2D eigenvalue weighted by Gasteiger charge is -2.18. The molecular weight excluding hydrogens is 184 g/mol. The fourth-order valence-electron chi connectivity index (χ4n) is 1.08. The van der Waals surface area contributed by atoms with Crippen LogP contribution in [-0.2, 0) is 0 Å². The van der Waals surface area contributed by atoms with Crippen LogP contribution in [0.15, 0.2) is 25.3 Å². The van der Waals surface area contributed by atoms with Crippen molar-refractivity contribution < 1.29 is 17.3 Å². The predicted octanol–water partition coefficient (Wildman–Crippen LogP) is -3.19. The average Bonchev–Trinajstić information content (AvgIpc) is 2.01. The van der Waals surface area contributed by atoms with E-state index in [0.717, 1.165) is 26.2 Å². The Morgan fingerprint density at radius 1 is 1.15 bits per heavy atom. The summed E-state index contributed by atoms with van der Waals surface area (Å²) in [4.78, 5) is 3.72. The molecule has 0 bridgehead atoms. The van der Waals surface area contributed by atoms with E-state index in [1.807, 2.05) is 12.2 Å². The first-order valence-corrected chi connectivity index (χ1v) is 4.40. The molecule has 0 amide bonds. The molecule has 0 fully saturated rings. The van der Waals surface area contributed by atoms with E-state index in [0.29, 0.717) is 0 Å². The van der Waals surface area contributed by atoms with Gasteiger partial charge in [-0.15, -0.1) is 0 Å². The van der Waals surface area contributed by atoms with Gasteiger partial charge in [0.25, 0.3) is 0 Å². The topological polar surface area (TPSA) is 7.68 Å². The summed E-state index contributed by atoms with van der Waals surface area (Å²) < 4.78 is 0. The number of nitrogens with one attached hydrogen (secondary N) is 1. The summed E-state index contributed by atoms with van der Waals surface area (Å²) in [5.41, 5.74) is 0. The van der Waals surface area contributed by atoms with E-state index in [-0.39, 0.29) is 12.4 Å². The highest BCUT2D eigenvalue weighted by Crippen LogP contribution is 1.68. The third-order valence-electron chi connectivity index (χ3n) is 1.78. The van der Waals surface area contributed by atoms with Gasteiger partial charge in [0, 0.05) is 6.54 Å². The molecule has 0 aromatic carbocycles. The second-order valence-corrected chi connectivity index (χ2v) is 3.29. The summed E-state index contributed by atoms with van der Waals surface area (Å²) in [6.45, 7) is 11.8. The van der Waals surface area contributed by atoms with E-state index in [4.69, 9.17) is 0 Å². The molecule has 0 aliphatic rings. The van der Waals surface area contributed by atoms with Gasteiger partial charge < -0.3 is 22.2 Å². The molecule has 0 unspecified atom stereocenters. The van der Waals surface area contributed by atoms with E-state index >= 15 is 0 Å². The van der Waals surface area contributed by atoms with Crippen LogP contribution in [0.5, 0.6) is 0 Å². The second kappa shape index (κ2) is 9.78. The summed E-state index contributed by atoms with van der Waals surface area (Å²) in [6, 6.07) is 0. The van der Waals surface area contributed by atoms with E-state index in [1.54, 1.807) is 0 Å². The van der Waals surface area contributed by atoms with Crippen LogP contribution >= 0.6 is 0 Å². The number of hydrogen-bond acceptors (Lipinski definition) is 1. The molecule has 0 aromatic heterocycles. The van der Waals surface area contributed by atoms with Crippen molar-refractivity contribution in [1.82, 2.24) is 4.90 Å². The van der Waals surface area contributed by atoms with E-state index in [1.165, 1.54) is 4.90 Å². The van der Waals surface area contributed by atoms with Gasteiger partial charge in [-0.05, 0) is 26.2 Å². The average molecular weight is 205 g/mol. The van der Waals surface area contributed by atoms with Crippen molar-refractivity contribution in [3.8, 4) is 0 Å². The highest BCUT2D eigenvalue weighted by Gasteiger charge is 2.03. The molecule has 0 spiro atoms. The van der Waals surface area contributed by atoms with Crippen LogP contribution < -0.4 is 17.3 Å². The molecule has 0 aliphatic heterocycles. The van der Waals surface area contributed by atoms with Crippen molar-refractivity contribution in [3.05, 3.63) is 25.3 Å². The first-order valence-electron chi connectivity index (χ1n) is 4.40. The Kier molecular flexibility index (Phi) is 11.4. The van der Waals surface area contributed by atoms with Crippen LogP contribution in [0.25, 0.3) is 0 Å². The van der Waals surface area contributed by atoms with Gasteiger partial charge in [-0.1, -0.05) is 13.2 Å². The third kappa shape index (κ3) is 9.61. The maximum Gasteiger partial charge on any atom is 0.0958 e. The highest BCUT2D eigenvalue weighted by molar-refractivity contribution is 4.67. The van der Waals surface area contributed by atoms with Gasteiger partial charge in [-0.2, -0.15) is 0 Å². The zero-order chi connectivity index (χ0) is 9.40. The lowest BCUT2D eigenvalue weighted by Crippen LogP contribution is -3.12. The van der Waals surface area contributed by atoms with Gasteiger partial charge in [-0.25, -0.2) is 0 Å². The SMILES string of the molecule is C=CC[NH+](CC=C)CCN(C)C.[Cl-]. The monoisotopic (exact) mass is 204 g/mol. The Labute approximate surface area is 88.3 Å². The maximum atomic E-state index is 3.74. The van der Waals surface area contributed by atoms with Crippen molar-refractivity contribution in [2.45, 2.75) is 0 Å². The van der Waals surface area contributed by atoms with E-state index in [9.17, 15) is 0 Å². The maximum absolute atomic E-state index is 3.74. The van der Waals surface area contributed by atoms with Crippen LogP contribution in [0.3, 0.4) is 0 Å². The van der Waals surface area contributed by atoms with Crippen molar-refractivity contribution in [1.29, 1.82) is 0 Å². The Bertz CT molecular complexity index is 125. The molecule has 0 rings (SSSR count). The summed E-state index contributed by atoms with van der Waals surface area (Å²) in [6.07, 6.45) is 3.93. The minimum atomic E-state index is 0. The lowest BCUT2D eigenvalue weighted by atomic mass is 10.4. The number of halogens is 1. The molecule has 0 saturated heterocycles. The smallest absolute Gasteiger partial charge is 0.0958 e. The fourth-order valence-corrected chi connectivity index (χ4v) is 1.08.